The zero-order valence-corrected chi connectivity index (χ0v) is 10.1. The van der Waals surface area contributed by atoms with E-state index in [-0.39, 0.29) is 5.91 Å². The summed E-state index contributed by atoms with van der Waals surface area (Å²) in [5.74, 6) is 0.225. The Hall–Kier alpha value is -0.610. The van der Waals surface area contributed by atoms with Crippen LogP contribution in [0, 0.1) is 0 Å². The van der Waals surface area contributed by atoms with Gasteiger partial charge in [0.1, 0.15) is 0 Å². The maximum Gasteiger partial charge on any atom is 0.236 e. The summed E-state index contributed by atoms with van der Waals surface area (Å²) in [7, 11) is 2.01. The lowest BCUT2D eigenvalue weighted by molar-refractivity contribution is -0.132. The van der Waals surface area contributed by atoms with Crippen LogP contribution in [0.3, 0.4) is 0 Å². The van der Waals surface area contributed by atoms with Gasteiger partial charge < -0.3 is 10.6 Å². The summed E-state index contributed by atoms with van der Waals surface area (Å²) in [4.78, 5) is 15.8. The first-order valence-corrected chi connectivity index (χ1v) is 5.82. The first kappa shape index (κ1) is 12.5. The number of carbonyl (C=O) groups is 1. The summed E-state index contributed by atoms with van der Waals surface area (Å²) < 4.78 is 0. The molecular weight excluding hydrogens is 190 g/mol. The van der Waals surface area contributed by atoms with E-state index in [4.69, 9.17) is 5.73 Å². The molecule has 1 aliphatic rings. The smallest absolute Gasteiger partial charge is 0.236 e. The van der Waals surface area contributed by atoms with Gasteiger partial charge in [-0.2, -0.15) is 0 Å². The van der Waals surface area contributed by atoms with Crippen molar-refractivity contribution < 1.29 is 4.79 Å². The zero-order valence-electron chi connectivity index (χ0n) is 10.1. The molecule has 0 radical (unpaired) electrons. The van der Waals surface area contributed by atoms with E-state index >= 15 is 0 Å². The number of nitrogens with zero attached hydrogens (tertiary/aromatic N) is 2. The number of carbonyl (C=O) groups excluding carboxylic acids is 1. The lowest BCUT2D eigenvalue weighted by atomic mass is 9.86. The van der Waals surface area contributed by atoms with Gasteiger partial charge in [-0.25, -0.2) is 0 Å². The van der Waals surface area contributed by atoms with Gasteiger partial charge in [-0.3, -0.25) is 9.69 Å². The van der Waals surface area contributed by atoms with Crippen molar-refractivity contribution in [3.05, 3.63) is 0 Å². The molecule has 0 saturated heterocycles. The third-order valence-electron chi connectivity index (χ3n) is 3.27. The van der Waals surface area contributed by atoms with E-state index in [1.54, 1.807) is 0 Å². The maximum atomic E-state index is 11.8. The molecule has 0 bridgehead atoms. The second kappa shape index (κ2) is 5.47. The molecule has 1 rings (SSSR count). The van der Waals surface area contributed by atoms with Crippen LogP contribution < -0.4 is 5.73 Å². The molecule has 0 atom stereocenters. The summed E-state index contributed by atoms with van der Waals surface area (Å²) in [6, 6.07) is 0.862. The highest BCUT2D eigenvalue weighted by Gasteiger charge is 2.30. The first-order valence-electron chi connectivity index (χ1n) is 5.82. The van der Waals surface area contributed by atoms with Crippen molar-refractivity contribution in [3.8, 4) is 0 Å². The summed E-state index contributed by atoms with van der Waals surface area (Å²) >= 11 is 0. The van der Waals surface area contributed by atoms with Crippen LogP contribution in [0.4, 0.5) is 0 Å². The second-order valence-electron chi connectivity index (χ2n) is 4.37. The van der Waals surface area contributed by atoms with Crippen molar-refractivity contribution in [1.82, 2.24) is 9.80 Å². The Labute approximate surface area is 92.4 Å². The molecule has 1 aliphatic carbocycles. The maximum absolute atomic E-state index is 11.8. The number of likely N-dealkylation sites (N-methyl/N-ethyl adjacent to an activating group) is 2. The Morgan fingerprint density at radius 3 is 2.27 bits per heavy atom. The summed E-state index contributed by atoms with van der Waals surface area (Å²) in [5.41, 5.74) is 5.73. The average Bonchev–Trinajstić information content (AvgIpc) is 2.14. The van der Waals surface area contributed by atoms with Gasteiger partial charge in [-0.15, -0.1) is 0 Å². The van der Waals surface area contributed by atoms with Crippen LogP contribution in [0.2, 0.25) is 0 Å². The second-order valence-corrected chi connectivity index (χ2v) is 4.37. The Morgan fingerprint density at radius 1 is 1.33 bits per heavy atom. The van der Waals surface area contributed by atoms with Crippen LogP contribution in [-0.2, 0) is 4.79 Å². The molecule has 0 aromatic carbocycles. The van der Waals surface area contributed by atoms with Gasteiger partial charge >= 0.3 is 0 Å². The first-order chi connectivity index (χ1) is 7.08. The van der Waals surface area contributed by atoms with E-state index in [0.29, 0.717) is 18.6 Å². The minimum Gasteiger partial charge on any atom is -0.342 e. The Bertz CT molecular complexity index is 210. The van der Waals surface area contributed by atoms with E-state index in [1.807, 2.05) is 25.8 Å². The Morgan fingerprint density at radius 2 is 1.87 bits per heavy atom. The lowest BCUT2D eigenvalue weighted by Crippen LogP contribution is -2.52. The fourth-order valence-electron chi connectivity index (χ4n) is 2.01. The van der Waals surface area contributed by atoms with Crippen LogP contribution in [0.5, 0.6) is 0 Å². The topological polar surface area (TPSA) is 49.6 Å². The highest BCUT2D eigenvalue weighted by Crippen LogP contribution is 2.22. The molecule has 1 saturated carbocycles. The normalized spacial score (nSPS) is 25.1. The van der Waals surface area contributed by atoms with Crippen molar-refractivity contribution in [2.45, 2.75) is 38.8 Å². The molecule has 1 amide bonds. The highest BCUT2D eigenvalue weighted by molar-refractivity contribution is 5.78. The van der Waals surface area contributed by atoms with Crippen LogP contribution in [0.15, 0.2) is 0 Å². The molecule has 0 aliphatic heterocycles. The molecule has 0 spiro atoms. The van der Waals surface area contributed by atoms with E-state index in [1.165, 1.54) is 0 Å². The molecule has 88 valence electrons. The van der Waals surface area contributed by atoms with Gasteiger partial charge in [-0.05, 0) is 33.7 Å². The van der Waals surface area contributed by atoms with E-state index in [9.17, 15) is 4.79 Å². The van der Waals surface area contributed by atoms with E-state index < -0.39 is 0 Å². The molecule has 1 fully saturated rings. The van der Waals surface area contributed by atoms with Crippen LogP contribution >= 0.6 is 0 Å². The number of nitrogens with two attached hydrogens (primary N) is 1. The molecule has 15 heavy (non-hydrogen) atoms. The predicted molar refractivity (Wildman–Crippen MR) is 61.6 cm³/mol. The molecule has 0 heterocycles. The molecular formula is C11H23N3O. The largest absolute Gasteiger partial charge is 0.342 e. The minimum absolute atomic E-state index is 0.225. The summed E-state index contributed by atoms with van der Waals surface area (Å²) in [6.45, 7) is 6.15. The molecule has 2 N–H and O–H groups in total. The van der Waals surface area contributed by atoms with Crippen molar-refractivity contribution in [1.29, 1.82) is 0 Å². The van der Waals surface area contributed by atoms with Crippen LogP contribution in [-0.4, -0.2) is 54.5 Å². The molecule has 4 nitrogen and oxygen atoms in total. The third-order valence-corrected chi connectivity index (χ3v) is 3.27. The monoisotopic (exact) mass is 213 g/mol. The number of hydrogen-bond acceptors (Lipinski definition) is 3. The van der Waals surface area contributed by atoms with Crippen LogP contribution in [0.1, 0.15) is 26.7 Å². The van der Waals surface area contributed by atoms with Crippen molar-refractivity contribution in [2.75, 3.05) is 26.7 Å². The van der Waals surface area contributed by atoms with Gasteiger partial charge in [0, 0.05) is 25.2 Å². The van der Waals surface area contributed by atoms with Crippen LogP contribution in [0.25, 0.3) is 0 Å². The SMILES string of the molecule is CCN(CC)C(=O)CN(C)C1CC(N)C1. The Balaban J connectivity index is 2.30. The van der Waals surface area contributed by atoms with E-state index in [0.717, 1.165) is 25.9 Å². The number of amides is 1. The fourth-order valence-corrected chi connectivity index (χ4v) is 2.01. The van der Waals surface area contributed by atoms with Crippen molar-refractivity contribution in [3.63, 3.8) is 0 Å². The minimum atomic E-state index is 0.225. The predicted octanol–water partition coefficient (Wildman–Crippen LogP) is 0.276. The zero-order chi connectivity index (χ0) is 11.4. The van der Waals surface area contributed by atoms with Crippen molar-refractivity contribution in [2.24, 2.45) is 5.73 Å². The number of hydrogen-bond donors (Lipinski definition) is 1. The molecule has 0 unspecified atom stereocenters. The summed E-state index contributed by atoms with van der Waals surface area (Å²) in [5, 5.41) is 0. The fraction of sp³-hybridized carbons (Fsp3) is 0.909. The lowest BCUT2D eigenvalue weighted by Gasteiger charge is -2.39. The van der Waals surface area contributed by atoms with Gasteiger partial charge in [0.15, 0.2) is 0 Å². The average molecular weight is 213 g/mol. The number of rotatable bonds is 5. The molecule has 0 aromatic rings. The highest BCUT2D eigenvalue weighted by atomic mass is 16.2. The van der Waals surface area contributed by atoms with Gasteiger partial charge in [0.05, 0.1) is 6.54 Å². The third kappa shape index (κ3) is 3.18. The van der Waals surface area contributed by atoms with E-state index in [2.05, 4.69) is 4.90 Å². The molecule has 4 heteroatoms. The standard InChI is InChI=1S/C11H23N3O/c1-4-14(5-2)11(15)8-13(3)10-6-9(12)7-10/h9-10H,4-8,12H2,1-3H3. The quantitative estimate of drug-likeness (QED) is 0.713. The molecule has 0 aromatic heterocycles. The van der Waals surface area contributed by atoms with Gasteiger partial charge in [-0.1, -0.05) is 0 Å². The van der Waals surface area contributed by atoms with Gasteiger partial charge in [0.25, 0.3) is 0 Å². The summed E-state index contributed by atoms with van der Waals surface area (Å²) in [6.07, 6.45) is 2.06. The van der Waals surface area contributed by atoms with Gasteiger partial charge in [0.2, 0.25) is 5.91 Å². The van der Waals surface area contributed by atoms with Crippen molar-refractivity contribution >= 4 is 5.91 Å². The Kier molecular flexibility index (Phi) is 4.54.